The first kappa shape index (κ1) is 108. The van der Waals surface area contributed by atoms with E-state index in [1.54, 1.807) is 11.8 Å². The van der Waals surface area contributed by atoms with E-state index < -0.39 is 16.6 Å². The highest BCUT2D eigenvalue weighted by Gasteiger charge is 2.35. The number of carbonyl (C=O) groups is 6. The summed E-state index contributed by atoms with van der Waals surface area (Å²) >= 11 is 14.3. The van der Waals surface area contributed by atoms with Gasteiger partial charge in [-0.1, -0.05) is 6.92 Å². The zero-order valence-corrected chi connectivity index (χ0v) is 90.9. The van der Waals surface area contributed by atoms with Crippen LogP contribution in [0.4, 0.5) is 0 Å². The first-order valence-corrected chi connectivity index (χ1v) is 52.7. The van der Waals surface area contributed by atoms with Crippen molar-refractivity contribution in [3.05, 3.63) is 291 Å². The predicted octanol–water partition coefficient (Wildman–Crippen LogP) is 12.7. The van der Waals surface area contributed by atoms with Gasteiger partial charge in [-0.15, -0.1) is 0 Å². The summed E-state index contributed by atoms with van der Waals surface area (Å²) in [5, 5.41) is 21.0. The summed E-state index contributed by atoms with van der Waals surface area (Å²) in [4.78, 5) is 153. The number of amides is 6. The Balaban J connectivity index is 0.000000158. The normalized spacial score (nSPS) is 15.8. The molecule has 4 aliphatic rings. The predicted molar refractivity (Wildman–Crippen MR) is 565 cm³/mol. The number of sulfonamides is 1. The van der Waals surface area contributed by atoms with Crippen LogP contribution in [0.3, 0.4) is 0 Å². The minimum absolute atomic E-state index is 0.0203. The number of aromatic nitrogens is 8. The second kappa shape index (κ2) is 45.9. The number of pyridine rings is 8. The van der Waals surface area contributed by atoms with Gasteiger partial charge in [0, 0.05) is 317 Å². The summed E-state index contributed by atoms with van der Waals surface area (Å²) < 4.78 is 37.6. The van der Waals surface area contributed by atoms with Crippen molar-refractivity contribution >= 4 is 131 Å². The second-order valence-corrected chi connectivity index (χ2v) is 43.2. The first-order valence-electron chi connectivity index (χ1n) is 47.7. The van der Waals surface area contributed by atoms with Crippen molar-refractivity contribution in [3.8, 4) is 0 Å². The van der Waals surface area contributed by atoms with Gasteiger partial charge in [0.05, 0.1) is 6.26 Å². The Morgan fingerprint density at radius 1 is 0.362 bits per heavy atom. The topological polar surface area (TPSA) is 380 Å². The van der Waals surface area contributed by atoms with Crippen LogP contribution in [0, 0.1) is 83.1 Å². The van der Waals surface area contributed by atoms with E-state index in [9.17, 15) is 56.4 Å². The van der Waals surface area contributed by atoms with Crippen molar-refractivity contribution in [2.75, 3.05) is 124 Å². The molecular weight excluding hydrogens is 2080 g/mol. The van der Waals surface area contributed by atoms with E-state index in [0.717, 1.165) is 176 Å². The molecule has 33 nitrogen and oxygen atoms in total. The molecule has 0 saturated carbocycles. The third-order valence-electron chi connectivity index (χ3n) is 28.2. The maximum absolute atomic E-state index is 13.4. The fraction of sp³-hybridized carbons (Fsp3) is 0.437. The summed E-state index contributed by atoms with van der Waals surface area (Å²) in [7, 11) is -3.22. The van der Waals surface area contributed by atoms with Crippen LogP contribution in [-0.2, 0) is 45.8 Å². The highest BCUT2D eigenvalue weighted by Crippen LogP contribution is 2.37. The number of aryl methyl sites for hydroxylation is 8. The van der Waals surface area contributed by atoms with E-state index in [0.29, 0.717) is 110 Å². The molecule has 0 spiro atoms. The molecule has 38 heteroatoms. The Kier molecular flexibility index (Phi) is 35.0. The van der Waals surface area contributed by atoms with Crippen molar-refractivity contribution in [3.63, 3.8) is 0 Å². The molecule has 6 amide bonds. The number of hydrogen-bond acceptors (Lipinski definition) is 18. The molecule has 0 radical (unpaired) electrons. The van der Waals surface area contributed by atoms with E-state index in [-0.39, 0.29) is 108 Å². The molecular formula is C103H130Br4N20O13S. The Hall–Kier alpha value is -10.8. The number of halogens is 4. The lowest BCUT2D eigenvalue weighted by Gasteiger charge is -2.38. The highest BCUT2D eigenvalue weighted by molar-refractivity contribution is 9.11. The van der Waals surface area contributed by atoms with Crippen LogP contribution in [0.5, 0.6) is 0 Å². The van der Waals surface area contributed by atoms with Gasteiger partial charge in [0.2, 0.25) is 21.8 Å². The first-order chi connectivity index (χ1) is 66.7. The smallest absolute Gasteiger partial charge is 0.253 e. The van der Waals surface area contributed by atoms with E-state index in [1.165, 1.54) is 10.6 Å². The van der Waals surface area contributed by atoms with Crippen molar-refractivity contribution < 1.29 is 42.3 Å². The number of aromatic amines is 4. The number of fused-ring (bicyclic) bond motifs is 4. The largest absolute Gasteiger partial charge is 0.387 e. The Labute approximate surface area is 855 Å². The van der Waals surface area contributed by atoms with Crippen LogP contribution >= 0.6 is 63.7 Å². The van der Waals surface area contributed by atoms with E-state index in [2.05, 4.69) is 188 Å². The molecule has 0 bridgehead atoms. The maximum atomic E-state index is 13.4. The number of aliphatic hydroxyl groups excluding tert-OH is 1. The third-order valence-corrected chi connectivity index (χ3v) is 31.3. The molecule has 4 aliphatic heterocycles. The summed E-state index contributed by atoms with van der Waals surface area (Å²) in [5.41, 5.74) is 21.8. The zero-order chi connectivity index (χ0) is 103. The average molecular weight is 2210 g/mol. The van der Waals surface area contributed by atoms with E-state index in [4.69, 9.17) is 5.11 Å². The van der Waals surface area contributed by atoms with E-state index in [1.807, 2.05) is 179 Å². The monoisotopic (exact) mass is 2200 g/mol. The number of H-pyrrole nitrogens is 4. The molecule has 4 unspecified atom stereocenters. The SMILES string of the molecule is CC(=O)N1CCN(C(C)c2c(C)c(C(=O)NCc3c(C)cc(C)[nH]c3=O)cc3cc(Br)cn23)CC1.CCN1CCN(C(C)c2c(C)c(C(=O)NCc3c(C)cc(C)[nH]c3=O)cc3cc(Br)cn23)CC1.Cc1cc(C)c(CNC(=O)c2cc3cc(Br)cn3c(C(C)N3CCN(C(=O)CO)CC3)c2C)c(=O)[nH]1.Cc1cc(C)c(CNC(=O)c2cc3cc(Br)cn3c(C(C)N3CCN(S(C)(=O)=O)CC3)c2C)c(=O)[nH]1. The Bertz CT molecular complexity index is 7160. The molecule has 141 heavy (non-hydrogen) atoms. The number of nitrogens with zero attached hydrogens (tertiary/aromatic N) is 12. The zero-order valence-electron chi connectivity index (χ0n) is 83.7. The molecule has 12 aromatic heterocycles. The number of aliphatic hydroxyl groups is 1. The summed E-state index contributed by atoms with van der Waals surface area (Å²) in [6.45, 7) is 47.9. The quantitative estimate of drug-likeness (QED) is 0.0287. The van der Waals surface area contributed by atoms with Gasteiger partial charge in [-0.2, -0.15) is 4.31 Å². The van der Waals surface area contributed by atoms with Gasteiger partial charge in [0.15, 0.2) is 0 Å². The summed E-state index contributed by atoms with van der Waals surface area (Å²) in [5.74, 6) is -1.01. The summed E-state index contributed by atoms with van der Waals surface area (Å²) in [6.07, 6.45) is 9.32. The third kappa shape index (κ3) is 24.7. The summed E-state index contributed by atoms with van der Waals surface area (Å²) in [6, 6.07) is 23.3. The lowest BCUT2D eigenvalue weighted by Crippen LogP contribution is -2.50. The Morgan fingerprint density at radius 2 is 0.596 bits per heavy atom. The molecule has 754 valence electrons. The van der Waals surface area contributed by atoms with Gasteiger partial charge in [0.1, 0.15) is 6.61 Å². The fourth-order valence-electron chi connectivity index (χ4n) is 20.3. The number of likely N-dealkylation sites (N-methyl/N-ethyl adjacent to an activating group) is 1. The van der Waals surface area contributed by atoms with Crippen molar-refractivity contribution in [2.24, 2.45) is 0 Å². The molecule has 4 saturated heterocycles. The number of nitrogens with one attached hydrogen (secondary N) is 8. The molecule has 9 N–H and O–H groups in total. The lowest BCUT2D eigenvalue weighted by atomic mass is 10.00. The van der Waals surface area contributed by atoms with Crippen molar-refractivity contribution in [1.29, 1.82) is 0 Å². The fourth-order valence-corrected chi connectivity index (χ4v) is 22.9. The van der Waals surface area contributed by atoms with Crippen LogP contribution in [0.25, 0.3) is 22.1 Å². The average Bonchev–Trinajstić information content (AvgIpc) is 1.68. The molecule has 4 atom stereocenters. The molecule has 16 rings (SSSR count). The van der Waals surface area contributed by atoms with E-state index >= 15 is 0 Å². The van der Waals surface area contributed by atoms with Crippen LogP contribution in [0.15, 0.2) is 135 Å². The molecule has 16 heterocycles. The lowest BCUT2D eigenvalue weighted by molar-refractivity contribution is -0.136. The molecule has 0 aliphatic carbocycles. The minimum atomic E-state index is -3.22. The van der Waals surface area contributed by atoms with Gasteiger partial charge in [-0.05, 0) is 298 Å². The van der Waals surface area contributed by atoms with Crippen LogP contribution in [0.1, 0.15) is 219 Å². The maximum Gasteiger partial charge on any atom is 0.253 e. The van der Waals surface area contributed by atoms with Crippen LogP contribution in [-0.4, -0.2) is 249 Å². The van der Waals surface area contributed by atoms with Gasteiger partial charge in [-0.3, -0.25) is 67.5 Å². The number of carbonyl (C=O) groups excluding carboxylic acids is 6. The molecule has 12 aromatic rings. The van der Waals surface area contributed by atoms with Gasteiger partial charge in [-0.25, -0.2) is 8.42 Å². The highest BCUT2D eigenvalue weighted by atomic mass is 79.9. The molecule has 4 fully saturated rings. The van der Waals surface area contributed by atoms with Crippen molar-refractivity contribution in [2.45, 2.75) is 175 Å². The van der Waals surface area contributed by atoms with Crippen molar-refractivity contribution in [1.82, 2.24) is 97.4 Å². The Morgan fingerprint density at radius 3 is 0.816 bits per heavy atom. The van der Waals surface area contributed by atoms with Gasteiger partial charge >= 0.3 is 0 Å². The van der Waals surface area contributed by atoms with Gasteiger partial charge in [0.25, 0.3) is 45.9 Å². The van der Waals surface area contributed by atoms with Gasteiger partial charge < -0.3 is 78.6 Å². The van der Waals surface area contributed by atoms with Crippen LogP contribution < -0.4 is 43.5 Å². The van der Waals surface area contributed by atoms with Crippen LogP contribution in [0.2, 0.25) is 0 Å². The molecule has 0 aromatic carbocycles. The number of hydrogen-bond donors (Lipinski definition) is 9. The number of rotatable bonds is 23. The standard InChI is InChI=1S/C26H32BrN5O4.C26H32BrN5O3.C26H34BrN5O2.C25H32BrN5O4S/c1-15-9-16(2)29-26(36)22(15)12-28-25(35)21-11-20-10-19(27)13-32(20)24(17(21)3)18(4)30-5-7-31(8-6-30)23(34)14-33;1-15-10-16(2)29-26(35)23(15)13-28-25(34)22-12-21-11-20(27)14-32(21)24(17(22)3)18(4)30-6-8-31(9-7-30)19(5)33;1-6-30-7-9-31(10-8-30)19(5)24-18(4)22(13-21-12-20(27)15-32(21)24)25(33)28-14-23-16(2)11-17(3)29-26(23)34;1-15-10-16(2)28-25(33)22(15)13-27-24(32)21-12-20-11-19(26)14-31(20)23(17(21)3)18(4)29-6-8-30(9-7-29)36(5,34)35/h9-11,13,18,33H,5-8,12,14H2,1-4H3,(H,28,35)(H,29,36);10-12,14,18H,6-9,13H2,1-5H3,(H,28,34)(H,29,35);11-13,15,19H,6-10,14H2,1-5H3,(H,28,33)(H,29,34);10-12,14,18H,6-9,13H2,1-5H3,(H,27,32)(H,28,33). The number of piperazine rings is 4. The second-order valence-electron chi connectivity index (χ2n) is 37.6. The minimum Gasteiger partial charge on any atom is -0.387 e.